The molecule has 1 atom stereocenters. The Bertz CT molecular complexity index is 507. The Hall–Kier alpha value is -1.72. The first-order valence-corrected chi connectivity index (χ1v) is 6.22. The minimum absolute atomic E-state index is 0.288. The summed E-state index contributed by atoms with van der Waals surface area (Å²) in [4.78, 5) is 2.37. The van der Waals surface area contributed by atoms with Crippen LogP contribution in [0.4, 0.5) is 0 Å². The van der Waals surface area contributed by atoms with Gasteiger partial charge in [-0.3, -0.25) is 4.90 Å². The van der Waals surface area contributed by atoms with Gasteiger partial charge in [0.25, 0.3) is 0 Å². The van der Waals surface area contributed by atoms with Gasteiger partial charge in [0.2, 0.25) is 0 Å². The molecular weight excluding hydrogens is 226 g/mol. The molecule has 0 spiro atoms. The minimum Gasteiger partial charge on any atom is -0.330 e. The SMILES string of the molecule is NCC1CN(Cc2ccccc2)Cc2n[nH]nc21. The minimum atomic E-state index is 0.288. The highest BCUT2D eigenvalue weighted by atomic mass is 15.4. The molecule has 2 aromatic rings. The van der Waals surface area contributed by atoms with Crippen molar-refractivity contribution in [3.8, 4) is 0 Å². The first-order valence-electron chi connectivity index (χ1n) is 6.22. The van der Waals surface area contributed by atoms with Crippen molar-refractivity contribution >= 4 is 0 Å². The fourth-order valence-electron chi connectivity index (χ4n) is 2.53. The summed E-state index contributed by atoms with van der Waals surface area (Å²) in [6, 6.07) is 10.5. The third-order valence-electron chi connectivity index (χ3n) is 3.42. The maximum absolute atomic E-state index is 5.82. The number of fused-ring (bicyclic) bond motifs is 1. The highest BCUT2D eigenvalue weighted by Gasteiger charge is 2.27. The summed E-state index contributed by atoms with van der Waals surface area (Å²) in [5.74, 6) is 0.288. The van der Waals surface area contributed by atoms with E-state index in [0.717, 1.165) is 31.0 Å². The van der Waals surface area contributed by atoms with Gasteiger partial charge in [0.1, 0.15) is 5.69 Å². The van der Waals surface area contributed by atoms with Crippen molar-refractivity contribution in [2.45, 2.75) is 19.0 Å². The van der Waals surface area contributed by atoms with Crippen LogP contribution in [0.5, 0.6) is 0 Å². The fourth-order valence-corrected chi connectivity index (χ4v) is 2.53. The van der Waals surface area contributed by atoms with Gasteiger partial charge in [-0.1, -0.05) is 30.3 Å². The zero-order chi connectivity index (χ0) is 12.4. The van der Waals surface area contributed by atoms with Crippen LogP contribution in [-0.4, -0.2) is 33.4 Å². The lowest BCUT2D eigenvalue weighted by molar-refractivity contribution is 0.218. The van der Waals surface area contributed by atoms with Crippen LogP contribution in [0.2, 0.25) is 0 Å². The molecule has 1 aliphatic heterocycles. The molecule has 3 N–H and O–H groups in total. The number of benzene rings is 1. The van der Waals surface area contributed by atoms with Crippen molar-refractivity contribution < 1.29 is 0 Å². The molecule has 0 amide bonds. The number of rotatable bonds is 3. The second-order valence-electron chi connectivity index (χ2n) is 4.74. The zero-order valence-electron chi connectivity index (χ0n) is 10.2. The highest BCUT2D eigenvalue weighted by molar-refractivity contribution is 5.20. The van der Waals surface area contributed by atoms with Crippen LogP contribution < -0.4 is 5.73 Å². The molecule has 2 heterocycles. The number of hydrogen-bond donors (Lipinski definition) is 2. The molecule has 3 rings (SSSR count). The van der Waals surface area contributed by atoms with E-state index in [1.807, 2.05) is 6.07 Å². The molecule has 18 heavy (non-hydrogen) atoms. The van der Waals surface area contributed by atoms with E-state index < -0.39 is 0 Å². The van der Waals surface area contributed by atoms with Crippen molar-refractivity contribution in [3.05, 3.63) is 47.3 Å². The lowest BCUT2D eigenvalue weighted by atomic mass is 9.98. The van der Waals surface area contributed by atoms with Gasteiger partial charge in [-0.15, -0.1) is 0 Å². The Balaban J connectivity index is 1.77. The van der Waals surface area contributed by atoms with Gasteiger partial charge in [0.15, 0.2) is 0 Å². The number of nitrogens with one attached hydrogen (secondary N) is 1. The molecular formula is C13H17N5. The number of nitrogens with two attached hydrogens (primary N) is 1. The normalized spacial score (nSPS) is 19.7. The van der Waals surface area contributed by atoms with Crippen molar-refractivity contribution in [2.24, 2.45) is 5.73 Å². The average Bonchev–Trinajstić information content (AvgIpc) is 2.87. The van der Waals surface area contributed by atoms with Gasteiger partial charge in [-0.05, 0) is 5.56 Å². The number of nitrogens with zero attached hydrogens (tertiary/aromatic N) is 3. The highest BCUT2D eigenvalue weighted by Crippen LogP contribution is 2.25. The van der Waals surface area contributed by atoms with Crippen LogP contribution in [0, 0.1) is 0 Å². The van der Waals surface area contributed by atoms with Gasteiger partial charge in [0, 0.05) is 32.1 Å². The van der Waals surface area contributed by atoms with E-state index in [9.17, 15) is 0 Å². The third kappa shape index (κ3) is 2.14. The molecule has 5 nitrogen and oxygen atoms in total. The van der Waals surface area contributed by atoms with Crippen molar-refractivity contribution in [3.63, 3.8) is 0 Å². The largest absolute Gasteiger partial charge is 0.330 e. The number of aromatic amines is 1. The monoisotopic (exact) mass is 243 g/mol. The Morgan fingerprint density at radius 1 is 1.28 bits per heavy atom. The summed E-state index contributed by atoms with van der Waals surface area (Å²) in [6.07, 6.45) is 0. The predicted molar refractivity (Wildman–Crippen MR) is 68.7 cm³/mol. The molecule has 0 fully saturated rings. The molecule has 1 aromatic carbocycles. The molecule has 0 aliphatic carbocycles. The third-order valence-corrected chi connectivity index (χ3v) is 3.42. The molecule has 1 aliphatic rings. The van der Waals surface area contributed by atoms with Gasteiger partial charge in [-0.2, -0.15) is 15.4 Å². The van der Waals surface area contributed by atoms with Crippen LogP contribution >= 0.6 is 0 Å². The molecule has 0 radical (unpaired) electrons. The van der Waals surface area contributed by atoms with Crippen molar-refractivity contribution in [2.75, 3.05) is 13.1 Å². The Morgan fingerprint density at radius 3 is 2.89 bits per heavy atom. The van der Waals surface area contributed by atoms with Crippen molar-refractivity contribution in [1.82, 2.24) is 20.3 Å². The predicted octanol–water partition coefficient (Wildman–Crippen LogP) is 0.863. The summed E-state index contributed by atoms with van der Waals surface area (Å²) in [5.41, 5.74) is 9.22. The molecule has 0 saturated heterocycles. The van der Waals surface area contributed by atoms with Crippen LogP contribution in [0.15, 0.2) is 30.3 Å². The van der Waals surface area contributed by atoms with Crippen LogP contribution in [0.25, 0.3) is 0 Å². The molecule has 0 bridgehead atoms. The summed E-state index contributed by atoms with van der Waals surface area (Å²) in [5, 5.41) is 11.1. The van der Waals surface area contributed by atoms with Crippen molar-refractivity contribution in [1.29, 1.82) is 0 Å². The Morgan fingerprint density at radius 2 is 2.11 bits per heavy atom. The molecule has 1 unspecified atom stereocenters. The number of hydrogen-bond acceptors (Lipinski definition) is 4. The average molecular weight is 243 g/mol. The van der Waals surface area contributed by atoms with Gasteiger partial charge >= 0.3 is 0 Å². The van der Waals surface area contributed by atoms with Gasteiger partial charge in [-0.25, -0.2) is 0 Å². The Kier molecular flexibility index (Phi) is 3.08. The lowest BCUT2D eigenvalue weighted by Crippen LogP contribution is -2.36. The van der Waals surface area contributed by atoms with E-state index >= 15 is 0 Å². The summed E-state index contributed by atoms with van der Waals surface area (Å²) < 4.78 is 0. The second kappa shape index (κ2) is 4.88. The molecule has 94 valence electrons. The summed E-state index contributed by atoms with van der Waals surface area (Å²) >= 11 is 0. The van der Waals surface area contributed by atoms with Crippen LogP contribution in [0.1, 0.15) is 22.9 Å². The van der Waals surface area contributed by atoms with E-state index in [1.165, 1.54) is 5.56 Å². The molecule has 0 saturated carbocycles. The first-order chi connectivity index (χ1) is 8.86. The van der Waals surface area contributed by atoms with E-state index in [2.05, 4.69) is 44.6 Å². The fraction of sp³-hybridized carbons (Fsp3) is 0.385. The smallest absolute Gasteiger partial charge is 0.100 e. The standard InChI is InChI=1S/C13H17N5/c14-6-11-8-18(7-10-4-2-1-3-5-10)9-12-13(11)16-17-15-12/h1-5,11H,6-9,14H2,(H,15,16,17). The maximum atomic E-state index is 5.82. The second-order valence-corrected chi connectivity index (χ2v) is 4.74. The first kappa shape index (κ1) is 11.4. The van der Waals surface area contributed by atoms with Gasteiger partial charge in [0.05, 0.1) is 5.69 Å². The van der Waals surface area contributed by atoms with E-state index in [0.29, 0.717) is 6.54 Å². The lowest BCUT2D eigenvalue weighted by Gasteiger charge is -2.30. The topological polar surface area (TPSA) is 70.8 Å². The van der Waals surface area contributed by atoms with E-state index in [-0.39, 0.29) is 5.92 Å². The molecule has 5 heteroatoms. The Labute approximate surface area is 106 Å². The van der Waals surface area contributed by atoms with Crippen LogP contribution in [0.3, 0.4) is 0 Å². The summed E-state index contributed by atoms with van der Waals surface area (Å²) in [6.45, 7) is 3.34. The van der Waals surface area contributed by atoms with Crippen LogP contribution in [-0.2, 0) is 13.1 Å². The van der Waals surface area contributed by atoms with E-state index in [1.54, 1.807) is 0 Å². The van der Waals surface area contributed by atoms with E-state index in [4.69, 9.17) is 5.73 Å². The summed E-state index contributed by atoms with van der Waals surface area (Å²) in [7, 11) is 0. The maximum Gasteiger partial charge on any atom is 0.100 e. The quantitative estimate of drug-likeness (QED) is 0.839. The number of H-pyrrole nitrogens is 1. The zero-order valence-corrected chi connectivity index (χ0v) is 10.2. The van der Waals surface area contributed by atoms with Gasteiger partial charge < -0.3 is 5.73 Å². The molecule has 1 aromatic heterocycles. The number of aromatic nitrogens is 3.